The Morgan fingerprint density at radius 3 is 2.51 bits per heavy atom. The molecule has 0 amide bonds. The molecule has 2 aliphatic heterocycles. The zero-order valence-corrected chi connectivity index (χ0v) is 24.6. The number of piperidine rings is 1. The van der Waals surface area contributed by atoms with Gasteiger partial charge in [-0.15, -0.1) is 11.3 Å². The average molecular weight is 568 g/mol. The molecule has 0 atom stereocenters. The van der Waals surface area contributed by atoms with E-state index in [1.807, 2.05) is 15.9 Å². The van der Waals surface area contributed by atoms with Crippen molar-refractivity contribution in [3.8, 4) is 11.3 Å². The van der Waals surface area contributed by atoms with Gasteiger partial charge in [0.2, 0.25) is 0 Å². The Labute approximate surface area is 233 Å². The van der Waals surface area contributed by atoms with Crippen LogP contribution in [0.25, 0.3) is 27.1 Å². The summed E-state index contributed by atoms with van der Waals surface area (Å²) in [7, 11) is -3.37. The van der Waals surface area contributed by atoms with Crippen LogP contribution in [0, 0.1) is 6.92 Å². The number of hydrogen-bond donors (Lipinski definition) is 2. The molecule has 6 heterocycles. The van der Waals surface area contributed by atoms with Crippen molar-refractivity contribution < 1.29 is 8.42 Å². The van der Waals surface area contributed by atoms with Gasteiger partial charge in [0.15, 0.2) is 5.65 Å². The van der Waals surface area contributed by atoms with Gasteiger partial charge in [-0.2, -0.15) is 22.1 Å². The molecule has 0 bridgehead atoms. The lowest BCUT2D eigenvalue weighted by atomic mass is 9.90. The third-order valence-corrected chi connectivity index (χ3v) is 12.4. The lowest BCUT2D eigenvalue weighted by Crippen LogP contribution is -2.53. The number of H-pyrrole nitrogens is 1. The van der Waals surface area contributed by atoms with Crippen LogP contribution in [0.2, 0.25) is 0 Å². The first kappa shape index (κ1) is 25.6. The lowest BCUT2D eigenvalue weighted by molar-refractivity contribution is 0.276. The molecule has 2 N–H and O–H groups in total. The molecule has 4 aromatic rings. The van der Waals surface area contributed by atoms with E-state index in [0.29, 0.717) is 38.0 Å². The van der Waals surface area contributed by atoms with Crippen LogP contribution in [-0.2, 0) is 23.1 Å². The van der Waals surface area contributed by atoms with E-state index in [0.717, 1.165) is 50.8 Å². The SMILES string of the molecule is Cc1c(C2CCN(S(=O)(=O)N3CCNCC3)CC2)sc2[nH]c(-c3cn4ncnc4c4c3CCC4)c(C(C)C)c12. The summed E-state index contributed by atoms with van der Waals surface area (Å²) in [5.74, 6) is 0.758. The number of nitrogens with zero attached hydrogens (tertiary/aromatic N) is 5. The van der Waals surface area contributed by atoms with Gasteiger partial charge in [-0.25, -0.2) is 9.50 Å². The highest BCUT2D eigenvalue weighted by Crippen LogP contribution is 2.47. The molecule has 2 saturated heterocycles. The molecular weight excluding hydrogens is 530 g/mol. The molecule has 0 radical (unpaired) electrons. The van der Waals surface area contributed by atoms with Crippen LogP contribution in [0.1, 0.15) is 72.1 Å². The molecule has 208 valence electrons. The van der Waals surface area contributed by atoms with Crippen LogP contribution in [-0.4, -0.2) is 75.9 Å². The first-order valence-electron chi connectivity index (χ1n) is 14.3. The maximum atomic E-state index is 13.2. The van der Waals surface area contributed by atoms with Gasteiger partial charge < -0.3 is 10.3 Å². The zero-order chi connectivity index (χ0) is 26.9. The Morgan fingerprint density at radius 2 is 1.77 bits per heavy atom. The molecule has 11 heteroatoms. The third-order valence-electron chi connectivity index (χ3n) is 9.00. The summed E-state index contributed by atoms with van der Waals surface area (Å²) in [4.78, 5) is 11.1. The highest BCUT2D eigenvalue weighted by Gasteiger charge is 2.35. The summed E-state index contributed by atoms with van der Waals surface area (Å²) >= 11 is 1.88. The number of aromatic nitrogens is 4. The fourth-order valence-electron chi connectivity index (χ4n) is 7.08. The Balaban J connectivity index is 1.21. The topological polar surface area (TPSA) is 98.6 Å². The second kappa shape index (κ2) is 9.66. The summed E-state index contributed by atoms with van der Waals surface area (Å²) in [5, 5.41) is 9.09. The third kappa shape index (κ3) is 4.08. The van der Waals surface area contributed by atoms with E-state index < -0.39 is 10.2 Å². The van der Waals surface area contributed by atoms with Gasteiger partial charge in [0.05, 0.1) is 5.69 Å². The average Bonchev–Trinajstić information content (AvgIpc) is 3.72. The summed E-state index contributed by atoms with van der Waals surface area (Å²) in [6.07, 6.45) is 8.86. The highest BCUT2D eigenvalue weighted by atomic mass is 32.2. The summed E-state index contributed by atoms with van der Waals surface area (Å²) in [6, 6.07) is 0. The number of thiophene rings is 1. The number of fused-ring (bicyclic) bond motifs is 4. The largest absolute Gasteiger partial charge is 0.346 e. The van der Waals surface area contributed by atoms with Crippen LogP contribution in [0.5, 0.6) is 0 Å². The highest BCUT2D eigenvalue weighted by molar-refractivity contribution is 7.86. The van der Waals surface area contributed by atoms with E-state index >= 15 is 0 Å². The molecular formula is C28H37N7O2S2. The number of pyridine rings is 1. The number of nitrogens with one attached hydrogen (secondary N) is 2. The molecule has 0 unspecified atom stereocenters. The molecule has 0 saturated carbocycles. The minimum absolute atomic E-state index is 0.365. The van der Waals surface area contributed by atoms with Crippen LogP contribution in [0.3, 0.4) is 0 Å². The van der Waals surface area contributed by atoms with Crippen LogP contribution >= 0.6 is 11.3 Å². The Morgan fingerprint density at radius 1 is 1.05 bits per heavy atom. The predicted molar refractivity (Wildman–Crippen MR) is 156 cm³/mol. The molecule has 1 aliphatic carbocycles. The Hall–Kier alpha value is -2.31. The second-order valence-electron chi connectivity index (χ2n) is 11.6. The summed E-state index contributed by atoms with van der Waals surface area (Å²) in [6.45, 7) is 10.6. The van der Waals surface area contributed by atoms with Crippen molar-refractivity contribution in [1.29, 1.82) is 0 Å². The fraction of sp³-hybridized carbons (Fsp3) is 0.571. The number of rotatable bonds is 5. The monoisotopic (exact) mass is 567 g/mol. The van der Waals surface area contributed by atoms with E-state index in [9.17, 15) is 8.42 Å². The van der Waals surface area contributed by atoms with Gasteiger partial charge in [0.25, 0.3) is 10.2 Å². The van der Waals surface area contributed by atoms with Crippen LogP contribution in [0.4, 0.5) is 0 Å². The van der Waals surface area contributed by atoms with E-state index in [1.165, 1.54) is 48.6 Å². The smallest absolute Gasteiger partial charge is 0.282 e. The first-order valence-corrected chi connectivity index (χ1v) is 16.5. The van der Waals surface area contributed by atoms with Gasteiger partial charge in [0.1, 0.15) is 11.2 Å². The van der Waals surface area contributed by atoms with E-state index in [1.54, 1.807) is 14.9 Å². The molecule has 9 nitrogen and oxygen atoms in total. The summed E-state index contributed by atoms with van der Waals surface area (Å²) < 4.78 is 31.7. The maximum absolute atomic E-state index is 13.2. The minimum Gasteiger partial charge on any atom is -0.346 e. The molecule has 4 aromatic heterocycles. The Kier molecular flexibility index (Phi) is 6.35. The quantitative estimate of drug-likeness (QED) is 0.377. The van der Waals surface area contributed by atoms with Crippen molar-refractivity contribution in [2.45, 2.75) is 64.7 Å². The number of aryl methyl sites for hydroxylation is 2. The minimum atomic E-state index is -3.37. The molecule has 3 aliphatic rings. The normalized spacial score (nSPS) is 20.1. The van der Waals surface area contributed by atoms with E-state index in [2.05, 4.69) is 47.4 Å². The van der Waals surface area contributed by atoms with Gasteiger partial charge in [-0.3, -0.25) is 0 Å². The van der Waals surface area contributed by atoms with Gasteiger partial charge >= 0.3 is 0 Å². The molecule has 0 spiro atoms. The van der Waals surface area contributed by atoms with E-state index in [4.69, 9.17) is 0 Å². The summed E-state index contributed by atoms with van der Waals surface area (Å²) in [5.41, 5.74) is 9.00. The molecule has 0 aromatic carbocycles. The number of piperazine rings is 1. The van der Waals surface area contributed by atoms with Gasteiger partial charge in [-0.1, -0.05) is 13.8 Å². The van der Waals surface area contributed by atoms with Crippen LogP contribution < -0.4 is 5.32 Å². The number of aromatic amines is 1. The maximum Gasteiger partial charge on any atom is 0.282 e. The van der Waals surface area contributed by atoms with Crippen molar-refractivity contribution >= 4 is 37.4 Å². The van der Waals surface area contributed by atoms with Crippen molar-refractivity contribution in [2.75, 3.05) is 39.3 Å². The fourth-order valence-corrected chi connectivity index (χ4v) is 10.1. The first-order chi connectivity index (χ1) is 18.8. The number of hydrogen-bond acceptors (Lipinski definition) is 6. The van der Waals surface area contributed by atoms with Gasteiger partial charge in [0, 0.05) is 66.9 Å². The van der Waals surface area contributed by atoms with Crippen molar-refractivity contribution in [2.24, 2.45) is 0 Å². The standard InChI is InChI=1S/C28H37N7O2S2/c1-17(2)23-24-18(3)26(19-7-11-33(12-8-19)39(36,37)34-13-9-29-10-14-34)38-28(24)32-25(23)22-15-35-27(30-16-31-35)21-6-4-5-20(21)22/h15-17,19,29,32H,4-14H2,1-3H3. The van der Waals surface area contributed by atoms with Crippen molar-refractivity contribution in [1.82, 2.24) is 33.5 Å². The second-order valence-corrected chi connectivity index (χ2v) is 14.6. The zero-order valence-electron chi connectivity index (χ0n) is 23.0. The van der Waals surface area contributed by atoms with E-state index in [-0.39, 0.29) is 0 Å². The predicted octanol–water partition coefficient (Wildman–Crippen LogP) is 4.19. The molecule has 2 fully saturated rings. The molecule has 7 rings (SSSR count). The Bertz CT molecular complexity index is 1650. The van der Waals surface area contributed by atoms with Crippen molar-refractivity contribution in [3.63, 3.8) is 0 Å². The molecule has 39 heavy (non-hydrogen) atoms. The van der Waals surface area contributed by atoms with Crippen molar-refractivity contribution in [3.05, 3.63) is 39.7 Å². The van der Waals surface area contributed by atoms with Crippen LogP contribution in [0.15, 0.2) is 12.5 Å². The lowest BCUT2D eigenvalue weighted by Gasteiger charge is -2.36. The van der Waals surface area contributed by atoms with Gasteiger partial charge in [-0.05, 0) is 67.6 Å².